The average Bonchev–Trinajstić information content (AvgIpc) is 2.02. The van der Waals surface area contributed by atoms with Crippen LogP contribution in [0.5, 0.6) is 0 Å². The highest BCUT2D eigenvalue weighted by molar-refractivity contribution is 7.84. The van der Waals surface area contributed by atoms with Gasteiger partial charge in [0.2, 0.25) is 5.91 Å². The molecule has 3 nitrogen and oxygen atoms in total. The molecule has 0 aromatic heterocycles. The van der Waals surface area contributed by atoms with Crippen molar-refractivity contribution in [3.05, 3.63) is 29.3 Å². The molecule has 0 aliphatic heterocycles. The van der Waals surface area contributed by atoms with Crippen LogP contribution in [0.25, 0.3) is 0 Å². The van der Waals surface area contributed by atoms with Crippen LogP contribution in [-0.4, -0.2) is 16.4 Å². The van der Waals surface area contributed by atoms with Crippen LogP contribution in [0.4, 0.5) is 0 Å². The Morgan fingerprint density at radius 1 is 1.46 bits per heavy atom. The molecule has 4 heteroatoms. The topological polar surface area (TPSA) is 60.2 Å². The Labute approximate surface area is 79.4 Å². The normalized spacial score (nSPS) is 12.5. The van der Waals surface area contributed by atoms with Crippen LogP contribution in [-0.2, 0) is 10.8 Å². The van der Waals surface area contributed by atoms with Crippen molar-refractivity contribution in [1.29, 1.82) is 0 Å². The fourth-order valence-corrected chi connectivity index (χ4v) is 2.02. The SMILES string of the molecule is Cc1cccc(S(C)=O)c1C(N)=O. The van der Waals surface area contributed by atoms with E-state index in [1.165, 1.54) is 6.26 Å². The highest BCUT2D eigenvalue weighted by Gasteiger charge is 2.12. The van der Waals surface area contributed by atoms with Crippen molar-refractivity contribution < 1.29 is 9.00 Å². The number of hydrogen-bond acceptors (Lipinski definition) is 2. The van der Waals surface area contributed by atoms with Gasteiger partial charge in [0.15, 0.2) is 0 Å². The van der Waals surface area contributed by atoms with E-state index in [4.69, 9.17) is 5.73 Å². The first kappa shape index (κ1) is 9.92. The molecule has 0 heterocycles. The van der Waals surface area contributed by atoms with Gasteiger partial charge in [-0.1, -0.05) is 12.1 Å². The minimum atomic E-state index is -1.17. The quantitative estimate of drug-likeness (QED) is 0.763. The van der Waals surface area contributed by atoms with Gasteiger partial charge in [0.1, 0.15) is 0 Å². The van der Waals surface area contributed by atoms with Gasteiger partial charge in [-0.2, -0.15) is 0 Å². The number of nitrogens with two attached hydrogens (primary N) is 1. The molecule has 1 unspecified atom stereocenters. The van der Waals surface area contributed by atoms with E-state index in [1.807, 2.05) is 0 Å². The summed E-state index contributed by atoms with van der Waals surface area (Å²) in [5, 5.41) is 0. The van der Waals surface area contributed by atoms with Gasteiger partial charge in [0.25, 0.3) is 0 Å². The van der Waals surface area contributed by atoms with Crippen molar-refractivity contribution in [2.75, 3.05) is 6.26 Å². The lowest BCUT2D eigenvalue weighted by Crippen LogP contribution is -2.15. The maximum Gasteiger partial charge on any atom is 0.250 e. The molecule has 1 amide bonds. The molecule has 2 N–H and O–H groups in total. The summed E-state index contributed by atoms with van der Waals surface area (Å²) in [5.74, 6) is -0.525. The first-order chi connectivity index (χ1) is 6.04. The van der Waals surface area contributed by atoms with Crippen molar-refractivity contribution in [2.24, 2.45) is 5.73 Å². The summed E-state index contributed by atoms with van der Waals surface area (Å²) in [5.41, 5.74) is 6.32. The molecule has 0 spiro atoms. The number of benzene rings is 1. The third-order valence-electron chi connectivity index (χ3n) is 1.79. The lowest BCUT2D eigenvalue weighted by molar-refractivity contribution is 0.0997. The van der Waals surface area contributed by atoms with Gasteiger partial charge in [-0.15, -0.1) is 0 Å². The number of carbonyl (C=O) groups excluding carboxylic acids is 1. The lowest BCUT2D eigenvalue weighted by atomic mass is 10.1. The third kappa shape index (κ3) is 1.95. The summed E-state index contributed by atoms with van der Waals surface area (Å²) in [6.07, 6.45) is 1.53. The van der Waals surface area contributed by atoms with Crippen molar-refractivity contribution >= 4 is 16.7 Å². The molecule has 13 heavy (non-hydrogen) atoms. The Bertz CT molecular complexity index is 374. The molecule has 0 bridgehead atoms. The standard InChI is InChI=1S/C9H11NO2S/c1-6-4-3-5-7(13(2)12)8(6)9(10)11/h3-5H,1-2H3,(H2,10,11). The van der Waals surface area contributed by atoms with Crippen LogP contribution in [0, 0.1) is 6.92 Å². The second kappa shape index (κ2) is 3.70. The summed E-state index contributed by atoms with van der Waals surface area (Å²) < 4.78 is 11.2. The Kier molecular flexibility index (Phi) is 2.83. The second-order valence-corrected chi connectivity index (χ2v) is 4.11. The predicted molar refractivity (Wildman–Crippen MR) is 52.0 cm³/mol. The first-order valence-electron chi connectivity index (χ1n) is 3.77. The molecule has 1 aromatic carbocycles. The molecule has 0 fully saturated rings. The molecule has 0 aliphatic rings. The first-order valence-corrected chi connectivity index (χ1v) is 5.32. The van der Waals surface area contributed by atoms with Gasteiger partial charge in [0.05, 0.1) is 21.3 Å². The summed E-state index contributed by atoms with van der Waals surface area (Å²) in [7, 11) is -1.17. The molecule has 1 aromatic rings. The number of carbonyl (C=O) groups is 1. The van der Waals surface area contributed by atoms with Crippen LogP contribution < -0.4 is 5.73 Å². The average molecular weight is 197 g/mol. The van der Waals surface area contributed by atoms with E-state index in [0.717, 1.165) is 5.56 Å². The van der Waals surface area contributed by atoms with Crippen LogP contribution in [0.2, 0.25) is 0 Å². The molecular weight excluding hydrogens is 186 g/mol. The van der Waals surface area contributed by atoms with Gasteiger partial charge < -0.3 is 5.73 Å². The van der Waals surface area contributed by atoms with E-state index in [-0.39, 0.29) is 0 Å². The van der Waals surface area contributed by atoms with Gasteiger partial charge in [-0.25, -0.2) is 0 Å². The monoisotopic (exact) mass is 197 g/mol. The van der Waals surface area contributed by atoms with E-state index >= 15 is 0 Å². The minimum absolute atomic E-state index is 0.378. The van der Waals surface area contributed by atoms with Gasteiger partial charge in [0, 0.05) is 6.26 Å². The molecule has 0 radical (unpaired) electrons. The highest BCUT2D eigenvalue weighted by Crippen LogP contribution is 2.16. The lowest BCUT2D eigenvalue weighted by Gasteiger charge is -2.06. The Morgan fingerprint density at radius 2 is 2.08 bits per heavy atom. The van der Waals surface area contributed by atoms with Crippen molar-refractivity contribution in [3.8, 4) is 0 Å². The van der Waals surface area contributed by atoms with Gasteiger partial charge >= 0.3 is 0 Å². The van der Waals surface area contributed by atoms with Crippen LogP contribution in [0.15, 0.2) is 23.1 Å². The van der Waals surface area contributed by atoms with Gasteiger partial charge in [-0.3, -0.25) is 9.00 Å². The van der Waals surface area contributed by atoms with Crippen LogP contribution in [0.3, 0.4) is 0 Å². The molecule has 1 atom stereocenters. The zero-order valence-corrected chi connectivity index (χ0v) is 8.35. The molecule has 1 rings (SSSR count). The fraction of sp³-hybridized carbons (Fsp3) is 0.222. The molecular formula is C9H11NO2S. The number of primary amides is 1. The van der Waals surface area contributed by atoms with Gasteiger partial charge in [-0.05, 0) is 18.6 Å². The van der Waals surface area contributed by atoms with Crippen LogP contribution in [0.1, 0.15) is 15.9 Å². The number of hydrogen-bond donors (Lipinski definition) is 1. The third-order valence-corrected chi connectivity index (χ3v) is 2.75. The van der Waals surface area contributed by atoms with E-state index in [1.54, 1.807) is 25.1 Å². The molecule has 0 aliphatic carbocycles. The Hall–Kier alpha value is -1.16. The van der Waals surface area contributed by atoms with E-state index in [0.29, 0.717) is 10.5 Å². The molecule has 0 saturated heterocycles. The van der Waals surface area contributed by atoms with Crippen molar-refractivity contribution in [1.82, 2.24) is 0 Å². The van der Waals surface area contributed by atoms with Crippen molar-refractivity contribution in [3.63, 3.8) is 0 Å². The summed E-state index contributed by atoms with van der Waals surface area (Å²) in [6.45, 7) is 1.77. The molecule has 0 saturated carbocycles. The highest BCUT2D eigenvalue weighted by atomic mass is 32.2. The summed E-state index contributed by atoms with van der Waals surface area (Å²) in [6, 6.07) is 5.19. The maximum absolute atomic E-state index is 11.2. The number of aryl methyl sites for hydroxylation is 1. The molecule has 70 valence electrons. The smallest absolute Gasteiger partial charge is 0.250 e. The van der Waals surface area contributed by atoms with E-state index in [9.17, 15) is 9.00 Å². The predicted octanol–water partition coefficient (Wildman–Crippen LogP) is 0.831. The zero-order chi connectivity index (χ0) is 10.0. The Balaban J connectivity index is 3.43. The number of amides is 1. The summed E-state index contributed by atoms with van der Waals surface area (Å²) >= 11 is 0. The number of rotatable bonds is 2. The van der Waals surface area contributed by atoms with Crippen LogP contribution >= 0.6 is 0 Å². The van der Waals surface area contributed by atoms with E-state index < -0.39 is 16.7 Å². The summed E-state index contributed by atoms with van der Waals surface area (Å²) in [4.78, 5) is 11.5. The van der Waals surface area contributed by atoms with Crippen molar-refractivity contribution in [2.45, 2.75) is 11.8 Å². The second-order valence-electron chi connectivity index (χ2n) is 2.77. The fourth-order valence-electron chi connectivity index (χ4n) is 1.20. The Morgan fingerprint density at radius 3 is 2.46 bits per heavy atom. The largest absolute Gasteiger partial charge is 0.366 e. The minimum Gasteiger partial charge on any atom is -0.366 e. The zero-order valence-electron chi connectivity index (χ0n) is 7.53. The maximum atomic E-state index is 11.2. The van der Waals surface area contributed by atoms with E-state index in [2.05, 4.69) is 0 Å².